The molecule has 2 unspecified atom stereocenters. The van der Waals surface area contributed by atoms with Crippen LogP contribution in [0.1, 0.15) is 260 Å². The number of fused-ring (bicyclic) bond motifs is 3. The Bertz CT molecular complexity index is 1590. The van der Waals surface area contributed by atoms with Gasteiger partial charge in [0.05, 0.1) is 13.2 Å². The van der Waals surface area contributed by atoms with E-state index in [-0.39, 0.29) is 0 Å². The normalized spacial score (nSPS) is 32.1. The molecule has 6 atom stereocenters. The number of morpholine rings is 1. The van der Waals surface area contributed by atoms with Gasteiger partial charge in [-0.3, -0.25) is 4.90 Å². The van der Waals surface area contributed by atoms with Crippen molar-refractivity contribution in [3.8, 4) is 0 Å². The van der Waals surface area contributed by atoms with Crippen LogP contribution >= 0.6 is 0 Å². The van der Waals surface area contributed by atoms with Crippen LogP contribution in [-0.4, -0.2) is 181 Å². The number of hydrogen-bond donors (Lipinski definition) is 0. The van der Waals surface area contributed by atoms with Gasteiger partial charge in [-0.1, -0.05) is 86.0 Å². The molecule has 79 heavy (non-hydrogen) atoms. The zero-order valence-corrected chi connectivity index (χ0v) is 56.9. The van der Waals surface area contributed by atoms with E-state index in [2.05, 4.69) is 166 Å². The van der Waals surface area contributed by atoms with Gasteiger partial charge in [0.15, 0.2) is 0 Å². The smallest absolute Gasteiger partial charge is 0.0594 e. The molecule has 0 N–H and O–H groups in total. The molecular weight excluding hydrogens is 967 g/mol. The molecule has 0 aromatic heterocycles. The SMILES string of the molecule is CC(C)N1CCC(C)(C)C1.CC(C)N1CCC2(C)CC2C1.CC(C)N1CCC2(CCCC2)C1.CC(C)N1CCCC(C)(C)C1.CC(C)N1CCOCC1.CC(C)N1CC[C@@H]2CCCC[C@@H]2C1.CC(C)N1CC[C@H]2CCCC[C@H]2C1. The fraction of sp³-hybridized carbons (Fsp3) is 1.00. The number of nitrogens with zero attached hydrogens (tertiary/aromatic N) is 7. The maximum atomic E-state index is 5.21. The first-order valence-corrected chi connectivity index (χ1v) is 35.0. The lowest BCUT2D eigenvalue weighted by molar-refractivity contribution is 0.0238. The molecule has 0 bridgehead atoms. The first-order chi connectivity index (χ1) is 37.2. The third-order valence-corrected chi connectivity index (χ3v) is 22.5. The van der Waals surface area contributed by atoms with E-state index in [1.54, 1.807) is 0 Å². The zero-order valence-electron chi connectivity index (χ0n) is 56.9. The summed E-state index contributed by atoms with van der Waals surface area (Å²) in [5, 5.41) is 0. The van der Waals surface area contributed by atoms with E-state index in [0.717, 1.165) is 103 Å². The molecule has 0 aromatic carbocycles. The first-order valence-electron chi connectivity index (χ1n) is 35.0. The van der Waals surface area contributed by atoms with Crippen LogP contribution in [0.15, 0.2) is 0 Å². The van der Waals surface area contributed by atoms with Crippen molar-refractivity contribution in [3.63, 3.8) is 0 Å². The van der Waals surface area contributed by atoms with Crippen molar-refractivity contribution >= 4 is 0 Å². The maximum Gasteiger partial charge on any atom is 0.0594 e. The average Bonchev–Trinajstić information content (AvgIpc) is 4.01. The Labute approximate surface area is 495 Å². The standard InChI is InChI=1S/2C12H23N.C11H21N.C10H19N.C10H21N.C9H19N.C7H15NO/c2*1-10(2)13-8-7-11-5-3-4-6-12(11)9-13;1-10(2)12-8-7-11(9-12)5-3-4-6-11;1-8(2)11-5-4-10(3)6-9(10)7-11;1-9(2)11-7-5-6-10(3,4)8-11;1-8(2)10-6-5-9(3,4)7-10;1-7(2)8-3-5-9-6-4-8/h2*10-12H,3-9H2,1-2H3;10H,3-9H2,1-2H3;8-9H,4-7H2,1-3H3;9H,5-8H2,1-4H3;8H,5-7H2,1-4H3;7H,3-6H2,1-2H3/t2*11-,12+;;;;;/m10...../s1. The van der Waals surface area contributed by atoms with E-state index < -0.39 is 0 Å². The summed E-state index contributed by atoms with van der Waals surface area (Å²) in [5.41, 5.74) is 2.67. The summed E-state index contributed by atoms with van der Waals surface area (Å²) in [5.74, 6) is 5.31. The Balaban J connectivity index is 0.000000170. The van der Waals surface area contributed by atoms with Crippen molar-refractivity contribution in [1.82, 2.24) is 34.3 Å². The van der Waals surface area contributed by atoms with Gasteiger partial charge in [-0.05, 0) is 265 Å². The third-order valence-electron chi connectivity index (χ3n) is 22.5. The van der Waals surface area contributed by atoms with Crippen LogP contribution in [0, 0.1) is 51.2 Å². The van der Waals surface area contributed by atoms with Crippen LogP contribution in [0.4, 0.5) is 0 Å². The molecule has 7 heterocycles. The number of hydrogen-bond acceptors (Lipinski definition) is 8. The molecule has 0 radical (unpaired) electrons. The highest BCUT2D eigenvalue weighted by Crippen LogP contribution is 2.57. The molecule has 8 nitrogen and oxygen atoms in total. The van der Waals surface area contributed by atoms with Gasteiger partial charge >= 0.3 is 0 Å². The molecule has 1 spiro atoms. The van der Waals surface area contributed by atoms with E-state index in [4.69, 9.17) is 4.74 Å². The van der Waals surface area contributed by atoms with Crippen molar-refractivity contribution in [2.24, 2.45) is 51.2 Å². The van der Waals surface area contributed by atoms with Crippen molar-refractivity contribution < 1.29 is 4.74 Å². The predicted octanol–water partition coefficient (Wildman–Crippen LogP) is 16.0. The van der Waals surface area contributed by atoms with Gasteiger partial charge in [0.25, 0.3) is 0 Å². The van der Waals surface area contributed by atoms with Crippen molar-refractivity contribution in [2.45, 2.75) is 302 Å². The van der Waals surface area contributed by atoms with Gasteiger partial charge < -0.3 is 34.1 Å². The van der Waals surface area contributed by atoms with Crippen LogP contribution in [0.2, 0.25) is 0 Å². The molecule has 11 rings (SSSR count). The number of ether oxygens (including phenoxy) is 1. The first kappa shape index (κ1) is 69.5. The molecule has 0 amide bonds. The van der Waals surface area contributed by atoms with Crippen LogP contribution in [-0.2, 0) is 4.74 Å². The Hall–Kier alpha value is -0.320. The number of piperidine rings is 4. The molecule has 4 saturated carbocycles. The van der Waals surface area contributed by atoms with E-state index >= 15 is 0 Å². The molecule has 466 valence electrons. The minimum atomic E-state index is 0.558. The highest BCUT2D eigenvalue weighted by molar-refractivity contribution is 5.04. The van der Waals surface area contributed by atoms with E-state index in [9.17, 15) is 0 Å². The highest BCUT2D eigenvalue weighted by atomic mass is 16.5. The van der Waals surface area contributed by atoms with Crippen molar-refractivity contribution in [2.75, 3.05) is 105 Å². The zero-order chi connectivity index (χ0) is 58.1. The van der Waals surface area contributed by atoms with E-state index in [1.165, 1.54) is 207 Å². The molecule has 7 aliphatic heterocycles. The fourth-order valence-corrected chi connectivity index (χ4v) is 16.1. The Morgan fingerprint density at radius 2 is 0.709 bits per heavy atom. The minimum Gasteiger partial charge on any atom is -0.379 e. The molecule has 4 aliphatic carbocycles. The lowest BCUT2D eigenvalue weighted by Crippen LogP contribution is -2.44. The maximum absolute atomic E-state index is 5.21. The van der Waals surface area contributed by atoms with Crippen LogP contribution < -0.4 is 0 Å². The molecular formula is C71H141N7O. The quantitative estimate of drug-likeness (QED) is 0.249. The average molecular weight is 1110 g/mol. The van der Waals surface area contributed by atoms with Crippen molar-refractivity contribution in [3.05, 3.63) is 0 Å². The fourth-order valence-electron chi connectivity index (χ4n) is 16.1. The van der Waals surface area contributed by atoms with Gasteiger partial charge in [0.1, 0.15) is 0 Å². The summed E-state index contributed by atoms with van der Waals surface area (Å²) >= 11 is 0. The van der Waals surface area contributed by atoms with Gasteiger partial charge in [-0.15, -0.1) is 0 Å². The lowest BCUT2D eigenvalue weighted by Gasteiger charge is -2.42. The number of rotatable bonds is 7. The van der Waals surface area contributed by atoms with Gasteiger partial charge in [0.2, 0.25) is 0 Å². The van der Waals surface area contributed by atoms with E-state index in [0.29, 0.717) is 16.9 Å². The van der Waals surface area contributed by atoms with Gasteiger partial charge in [0, 0.05) is 94.7 Å². The molecule has 11 fully saturated rings. The monoisotopic (exact) mass is 1110 g/mol. The minimum absolute atomic E-state index is 0.558. The second-order valence-electron chi connectivity index (χ2n) is 32.3. The van der Waals surface area contributed by atoms with Crippen LogP contribution in [0.5, 0.6) is 0 Å². The van der Waals surface area contributed by atoms with E-state index in [1.807, 2.05) is 0 Å². The summed E-state index contributed by atoms with van der Waals surface area (Å²) in [6.07, 6.45) is 29.6. The summed E-state index contributed by atoms with van der Waals surface area (Å²) in [6, 6.07) is 5.22. The van der Waals surface area contributed by atoms with Gasteiger partial charge in [-0.25, -0.2) is 0 Å². The topological polar surface area (TPSA) is 31.9 Å². The molecule has 7 saturated heterocycles. The Morgan fingerprint density at radius 3 is 1.09 bits per heavy atom. The Kier molecular flexibility index (Phi) is 29.0. The molecule has 11 aliphatic rings. The van der Waals surface area contributed by atoms with Crippen LogP contribution in [0.25, 0.3) is 0 Å². The molecule has 0 aromatic rings. The van der Waals surface area contributed by atoms with Crippen molar-refractivity contribution in [1.29, 1.82) is 0 Å². The number of likely N-dealkylation sites (tertiary alicyclic amines) is 6. The largest absolute Gasteiger partial charge is 0.379 e. The molecule has 8 heteroatoms. The summed E-state index contributed by atoms with van der Waals surface area (Å²) < 4.78 is 5.21. The summed E-state index contributed by atoms with van der Waals surface area (Å²) in [6.45, 7) is 64.3. The summed E-state index contributed by atoms with van der Waals surface area (Å²) in [7, 11) is 0. The summed E-state index contributed by atoms with van der Waals surface area (Å²) in [4.78, 5) is 18.2. The predicted molar refractivity (Wildman–Crippen MR) is 346 cm³/mol. The van der Waals surface area contributed by atoms with Crippen LogP contribution in [0.3, 0.4) is 0 Å². The second kappa shape index (κ2) is 33.0. The Morgan fingerprint density at radius 1 is 0.316 bits per heavy atom. The highest BCUT2D eigenvalue weighted by Gasteiger charge is 2.52. The van der Waals surface area contributed by atoms with Gasteiger partial charge in [-0.2, -0.15) is 0 Å². The third kappa shape index (κ3) is 23.5. The second-order valence-corrected chi connectivity index (χ2v) is 32.3. The lowest BCUT2D eigenvalue weighted by atomic mass is 9.75.